The maximum Gasteiger partial charge on any atom is 0.00674 e. The van der Waals surface area contributed by atoms with Gasteiger partial charge in [-0.15, -0.1) is 0 Å². The third-order valence-electron chi connectivity index (χ3n) is 4.42. The average Bonchev–Trinajstić information content (AvgIpc) is 2.51. The molecule has 3 unspecified atom stereocenters. The van der Waals surface area contributed by atoms with Crippen LogP contribution in [0, 0.1) is 11.3 Å². The molecule has 0 aliphatic heterocycles. The standard InChI is InChI=1S/C14H30N2/c1-4-14(3,10-15)11-16-13-7-5-6-12(2)8-9-13/h12-13,16H,4-11,15H2,1-3H3. The van der Waals surface area contributed by atoms with Gasteiger partial charge in [0.15, 0.2) is 0 Å². The molecule has 0 radical (unpaired) electrons. The third kappa shape index (κ3) is 4.42. The van der Waals surface area contributed by atoms with Crippen LogP contribution in [0.1, 0.15) is 59.3 Å². The maximum absolute atomic E-state index is 5.85. The van der Waals surface area contributed by atoms with E-state index in [1.807, 2.05) is 0 Å². The fourth-order valence-corrected chi connectivity index (χ4v) is 2.42. The van der Waals surface area contributed by atoms with E-state index in [-0.39, 0.29) is 5.41 Å². The number of nitrogens with one attached hydrogen (secondary N) is 1. The molecule has 0 heterocycles. The summed E-state index contributed by atoms with van der Waals surface area (Å²) in [5.74, 6) is 0.930. The van der Waals surface area contributed by atoms with Crippen LogP contribution in [0.5, 0.6) is 0 Å². The molecular formula is C14H30N2. The Bertz CT molecular complexity index is 187. The van der Waals surface area contributed by atoms with Crippen molar-refractivity contribution in [3.8, 4) is 0 Å². The molecule has 16 heavy (non-hydrogen) atoms. The van der Waals surface area contributed by atoms with Crippen molar-refractivity contribution in [1.29, 1.82) is 0 Å². The molecule has 0 spiro atoms. The van der Waals surface area contributed by atoms with E-state index in [0.29, 0.717) is 0 Å². The van der Waals surface area contributed by atoms with Crippen LogP contribution in [0.3, 0.4) is 0 Å². The molecule has 96 valence electrons. The highest BCUT2D eigenvalue weighted by molar-refractivity contribution is 4.80. The lowest BCUT2D eigenvalue weighted by atomic mass is 9.87. The van der Waals surface area contributed by atoms with Gasteiger partial charge in [0.2, 0.25) is 0 Å². The molecule has 0 aromatic rings. The van der Waals surface area contributed by atoms with Crippen molar-refractivity contribution in [2.75, 3.05) is 13.1 Å². The molecule has 1 aliphatic carbocycles. The van der Waals surface area contributed by atoms with Crippen molar-refractivity contribution in [1.82, 2.24) is 5.32 Å². The Morgan fingerprint density at radius 2 is 2.00 bits per heavy atom. The molecule has 3 N–H and O–H groups in total. The van der Waals surface area contributed by atoms with Gasteiger partial charge in [0.25, 0.3) is 0 Å². The molecule has 0 aromatic heterocycles. The summed E-state index contributed by atoms with van der Waals surface area (Å²) in [6.45, 7) is 8.79. The summed E-state index contributed by atoms with van der Waals surface area (Å²) in [5.41, 5.74) is 6.14. The van der Waals surface area contributed by atoms with Crippen LogP contribution in [0.4, 0.5) is 0 Å². The van der Waals surface area contributed by atoms with Gasteiger partial charge in [0.05, 0.1) is 0 Å². The van der Waals surface area contributed by atoms with Gasteiger partial charge in [0, 0.05) is 12.6 Å². The topological polar surface area (TPSA) is 38.0 Å². The molecule has 1 aliphatic rings. The summed E-state index contributed by atoms with van der Waals surface area (Å²) < 4.78 is 0. The van der Waals surface area contributed by atoms with Crippen molar-refractivity contribution >= 4 is 0 Å². The molecule has 3 atom stereocenters. The molecule has 0 bridgehead atoms. The van der Waals surface area contributed by atoms with E-state index in [0.717, 1.165) is 25.0 Å². The van der Waals surface area contributed by atoms with Crippen LogP contribution >= 0.6 is 0 Å². The van der Waals surface area contributed by atoms with Gasteiger partial charge in [-0.05, 0) is 43.6 Å². The Morgan fingerprint density at radius 3 is 2.62 bits per heavy atom. The predicted molar refractivity (Wildman–Crippen MR) is 71.5 cm³/mol. The first kappa shape index (κ1) is 14.0. The molecule has 2 nitrogen and oxygen atoms in total. The lowest BCUT2D eigenvalue weighted by molar-refractivity contribution is 0.279. The minimum atomic E-state index is 0.290. The highest BCUT2D eigenvalue weighted by Gasteiger charge is 2.22. The number of nitrogens with two attached hydrogens (primary N) is 1. The molecule has 0 amide bonds. The highest BCUT2D eigenvalue weighted by Crippen LogP contribution is 2.24. The summed E-state index contributed by atoms with van der Waals surface area (Å²) >= 11 is 0. The van der Waals surface area contributed by atoms with Gasteiger partial charge in [-0.25, -0.2) is 0 Å². The second-order valence-corrected chi connectivity index (χ2v) is 6.06. The largest absolute Gasteiger partial charge is 0.330 e. The second kappa shape index (κ2) is 6.61. The summed E-state index contributed by atoms with van der Waals surface area (Å²) in [6, 6.07) is 0.738. The molecule has 1 fully saturated rings. The van der Waals surface area contributed by atoms with Crippen LogP contribution in [0.15, 0.2) is 0 Å². The normalized spacial score (nSPS) is 30.8. The van der Waals surface area contributed by atoms with Crippen LogP contribution in [0.25, 0.3) is 0 Å². The molecule has 1 rings (SSSR count). The summed E-state index contributed by atoms with van der Waals surface area (Å²) in [7, 11) is 0. The van der Waals surface area contributed by atoms with Crippen LogP contribution in [-0.2, 0) is 0 Å². The first-order chi connectivity index (χ1) is 7.59. The van der Waals surface area contributed by atoms with E-state index < -0.39 is 0 Å². The lowest BCUT2D eigenvalue weighted by Gasteiger charge is -2.29. The van der Waals surface area contributed by atoms with Gasteiger partial charge < -0.3 is 11.1 Å². The van der Waals surface area contributed by atoms with E-state index >= 15 is 0 Å². The zero-order chi connectivity index (χ0) is 12.0. The summed E-state index contributed by atoms with van der Waals surface area (Å²) in [6.07, 6.45) is 8.08. The maximum atomic E-state index is 5.85. The van der Waals surface area contributed by atoms with E-state index in [1.54, 1.807) is 0 Å². The van der Waals surface area contributed by atoms with Gasteiger partial charge in [0.1, 0.15) is 0 Å². The van der Waals surface area contributed by atoms with Crippen LogP contribution < -0.4 is 11.1 Å². The van der Waals surface area contributed by atoms with E-state index in [4.69, 9.17) is 5.73 Å². The van der Waals surface area contributed by atoms with Gasteiger partial charge in [-0.3, -0.25) is 0 Å². The lowest BCUT2D eigenvalue weighted by Crippen LogP contribution is -2.41. The minimum absolute atomic E-state index is 0.290. The average molecular weight is 226 g/mol. The zero-order valence-corrected chi connectivity index (χ0v) is 11.4. The summed E-state index contributed by atoms with van der Waals surface area (Å²) in [5, 5.41) is 3.74. The summed E-state index contributed by atoms with van der Waals surface area (Å²) in [4.78, 5) is 0. The zero-order valence-electron chi connectivity index (χ0n) is 11.4. The van der Waals surface area contributed by atoms with Gasteiger partial charge >= 0.3 is 0 Å². The van der Waals surface area contributed by atoms with Crippen LogP contribution in [0.2, 0.25) is 0 Å². The minimum Gasteiger partial charge on any atom is -0.330 e. The smallest absolute Gasteiger partial charge is 0.00674 e. The monoisotopic (exact) mass is 226 g/mol. The number of hydrogen-bond donors (Lipinski definition) is 2. The van der Waals surface area contributed by atoms with Crippen molar-refractivity contribution < 1.29 is 0 Å². The van der Waals surface area contributed by atoms with E-state index in [1.165, 1.54) is 38.5 Å². The molecule has 2 heteroatoms. The second-order valence-electron chi connectivity index (χ2n) is 6.06. The highest BCUT2D eigenvalue weighted by atomic mass is 14.9. The molecular weight excluding hydrogens is 196 g/mol. The van der Waals surface area contributed by atoms with Gasteiger partial charge in [-0.2, -0.15) is 0 Å². The number of rotatable bonds is 5. The fraction of sp³-hybridized carbons (Fsp3) is 1.00. The van der Waals surface area contributed by atoms with Crippen molar-refractivity contribution in [3.63, 3.8) is 0 Å². The quantitative estimate of drug-likeness (QED) is 0.707. The Labute approximate surface area is 101 Å². The number of hydrogen-bond acceptors (Lipinski definition) is 2. The predicted octanol–water partition coefficient (Wildman–Crippen LogP) is 2.92. The first-order valence-electron chi connectivity index (χ1n) is 7.03. The molecule has 0 aromatic carbocycles. The molecule has 1 saturated carbocycles. The molecule has 0 saturated heterocycles. The van der Waals surface area contributed by atoms with E-state index in [9.17, 15) is 0 Å². The Kier molecular flexibility index (Phi) is 5.77. The first-order valence-corrected chi connectivity index (χ1v) is 7.03. The fourth-order valence-electron chi connectivity index (χ4n) is 2.42. The van der Waals surface area contributed by atoms with Crippen molar-refractivity contribution in [3.05, 3.63) is 0 Å². The van der Waals surface area contributed by atoms with Crippen molar-refractivity contribution in [2.45, 2.75) is 65.3 Å². The Morgan fingerprint density at radius 1 is 1.25 bits per heavy atom. The van der Waals surface area contributed by atoms with Gasteiger partial charge in [-0.1, -0.05) is 33.6 Å². The Balaban J connectivity index is 2.31. The van der Waals surface area contributed by atoms with Crippen LogP contribution in [-0.4, -0.2) is 19.1 Å². The third-order valence-corrected chi connectivity index (χ3v) is 4.42. The Hall–Kier alpha value is -0.0800. The SMILES string of the molecule is CCC(C)(CN)CNC1CCCC(C)CC1. The van der Waals surface area contributed by atoms with E-state index in [2.05, 4.69) is 26.1 Å². The van der Waals surface area contributed by atoms with Crippen molar-refractivity contribution in [2.24, 2.45) is 17.1 Å².